The van der Waals surface area contributed by atoms with Crippen molar-refractivity contribution >= 4 is 23.5 Å². The number of imide groups is 1. The highest BCUT2D eigenvalue weighted by Crippen LogP contribution is 2.45. The Morgan fingerprint density at radius 3 is 2.57 bits per heavy atom. The fraction of sp³-hybridized carbons (Fsp3) is 0.350. The maximum absolute atomic E-state index is 13.3. The van der Waals surface area contributed by atoms with Crippen LogP contribution >= 0.6 is 0 Å². The van der Waals surface area contributed by atoms with E-state index in [0.29, 0.717) is 5.76 Å². The number of benzene rings is 1. The quantitative estimate of drug-likeness (QED) is 0.628. The molecule has 1 aromatic heterocycles. The molecule has 4 rings (SSSR count). The third-order valence-corrected chi connectivity index (χ3v) is 5.58. The van der Waals surface area contributed by atoms with Crippen molar-refractivity contribution in [2.24, 2.45) is 11.8 Å². The third kappa shape index (κ3) is 2.56. The molecule has 2 N–H and O–H groups in total. The van der Waals surface area contributed by atoms with E-state index in [2.05, 4.69) is 0 Å². The fourth-order valence-corrected chi connectivity index (χ4v) is 4.33. The van der Waals surface area contributed by atoms with E-state index in [9.17, 15) is 18.8 Å². The van der Waals surface area contributed by atoms with E-state index in [-0.39, 0.29) is 12.3 Å². The number of quaternary nitrogens is 1. The number of nitrogens with zero attached hydrogens (tertiary/aromatic N) is 1. The molecule has 0 bridgehead atoms. The molecule has 2 amide bonds. The van der Waals surface area contributed by atoms with E-state index in [1.807, 2.05) is 0 Å². The van der Waals surface area contributed by atoms with E-state index in [0.717, 1.165) is 4.90 Å². The van der Waals surface area contributed by atoms with Gasteiger partial charge in [-0.3, -0.25) is 9.59 Å². The molecule has 2 saturated heterocycles. The molecule has 3 heterocycles. The van der Waals surface area contributed by atoms with Crippen LogP contribution in [0.25, 0.3) is 0 Å². The zero-order valence-corrected chi connectivity index (χ0v) is 15.4. The Hall–Kier alpha value is -3.00. The van der Waals surface area contributed by atoms with Crippen LogP contribution in [0.3, 0.4) is 0 Å². The number of amides is 2. The maximum Gasteiger partial charge on any atom is 0.368 e. The second-order valence-corrected chi connectivity index (χ2v) is 7.20. The highest BCUT2D eigenvalue weighted by Gasteiger charge is 2.71. The smallest absolute Gasteiger partial charge is 0.368 e. The first-order valence-electron chi connectivity index (χ1n) is 9.08. The van der Waals surface area contributed by atoms with Gasteiger partial charge in [0.05, 0.1) is 18.6 Å². The van der Waals surface area contributed by atoms with Gasteiger partial charge >= 0.3 is 5.97 Å². The summed E-state index contributed by atoms with van der Waals surface area (Å²) in [6, 6.07) is 7.98. The molecule has 0 spiro atoms. The number of esters is 1. The van der Waals surface area contributed by atoms with Crippen LogP contribution in [0.4, 0.5) is 10.1 Å². The number of halogens is 1. The van der Waals surface area contributed by atoms with Crippen LogP contribution in [0, 0.1) is 17.7 Å². The third-order valence-electron chi connectivity index (χ3n) is 5.58. The monoisotopic (exact) mass is 387 g/mol. The molecule has 7 nitrogen and oxygen atoms in total. The molecule has 0 unspecified atom stereocenters. The predicted molar refractivity (Wildman–Crippen MR) is 94.3 cm³/mol. The van der Waals surface area contributed by atoms with Crippen molar-refractivity contribution < 1.29 is 33.2 Å². The second kappa shape index (κ2) is 6.56. The molecule has 2 aliphatic rings. The summed E-state index contributed by atoms with van der Waals surface area (Å²) in [4.78, 5) is 40.3. The lowest BCUT2D eigenvalue weighted by molar-refractivity contribution is -0.732. The number of carbonyl (C=O) groups is 3. The molecule has 28 heavy (non-hydrogen) atoms. The number of nitrogens with two attached hydrogens (primary N) is 1. The Morgan fingerprint density at radius 2 is 1.96 bits per heavy atom. The van der Waals surface area contributed by atoms with Crippen molar-refractivity contribution in [2.75, 3.05) is 11.5 Å². The van der Waals surface area contributed by atoms with Gasteiger partial charge in [-0.1, -0.05) is 0 Å². The van der Waals surface area contributed by atoms with Gasteiger partial charge in [0.2, 0.25) is 17.4 Å². The zero-order chi connectivity index (χ0) is 20.1. The van der Waals surface area contributed by atoms with Gasteiger partial charge in [0.25, 0.3) is 0 Å². The molecule has 8 heteroatoms. The molecule has 2 aromatic rings. The molecule has 146 valence electrons. The number of fused-ring (bicyclic) bond motifs is 1. The summed E-state index contributed by atoms with van der Waals surface area (Å²) in [5.74, 6) is -3.17. The van der Waals surface area contributed by atoms with Crippen LogP contribution in [0.5, 0.6) is 0 Å². The molecule has 0 radical (unpaired) electrons. The Labute approximate surface area is 160 Å². The SMILES string of the molecule is CCOC(=O)[C@]1(C)[NH2+][C@@H](c2ccco2)[C@H]2C(=O)N(c3ccc(F)cc3)C(=O)[C@@H]21. The molecule has 1 aromatic carbocycles. The van der Waals surface area contributed by atoms with E-state index >= 15 is 0 Å². The molecular formula is C20H20FN2O5+. The van der Waals surface area contributed by atoms with E-state index in [4.69, 9.17) is 9.15 Å². The first-order chi connectivity index (χ1) is 13.4. The average molecular weight is 387 g/mol. The van der Waals surface area contributed by atoms with Crippen LogP contribution in [0.15, 0.2) is 47.1 Å². The number of furan rings is 1. The Morgan fingerprint density at radius 1 is 1.25 bits per heavy atom. The van der Waals surface area contributed by atoms with E-state index < -0.39 is 47.0 Å². The largest absolute Gasteiger partial charge is 0.463 e. The lowest BCUT2D eigenvalue weighted by atomic mass is 9.81. The van der Waals surface area contributed by atoms with E-state index in [1.165, 1.54) is 30.5 Å². The van der Waals surface area contributed by atoms with Crippen molar-refractivity contribution in [3.8, 4) is 0 Å². The normalized spacial score (nSPS) is 29.2. The Bertz CT molecular complexity index is 927. The summed E-state index contributed by atoms with van der Waals surface area (Å²) in [6.07, 6.45) is 1.48. The lowest BCUT2D eigenvalue weighted by Crippen LogP contribution is -2.97. The first kappa shape index (κ1) is 18.4. The van der Waals surface area contributed by atoms with Crippen LogP contribution < -0.4 is 10.2 Å². The highest BCUT2D eigenvalue weighted by atomic mass is 19.1. The first-order valence-corrected chi connectivity index (χ1v) is 9.08. The summed E-state index contributed by atoms with van der Waals surface area (Å²) in [5, 5.41) is 1.69. The van der Waals surface area contributed by atoms with Gasteiger partial charge in [-0.25, -0.2) is 14.1 Å². The van der Waals surface area contributed by atoms with Crippen molar-refractivity contribution in [1.82, 2.24) is 0 Å². The van der Waals surface area contributed by atoms with Crippen molar-refractivity contribution in [2.45, 2.75) is 25.4 Å². The van der Waals surface area contributed by atoms with E-state index in [1.54, 1.807) is 31.3 Å². The van der Waals surface area contributed by atoms with Gasteiger partial charge in [0.15, 0.2) is 11.8 Å². The fourth-order valence-electron chi connectivity index (χ4n) is 4.33. The van der Waals surface area contributed by atoms with Gasteiger partial charge in [-0.15, -0.1) is 0 Å². The Kier molecular flexibility index (Phi) is 4.30. The topological polar surface area (TPSA) is 93.4 Å². The molecular weight excluding hydrogens is 367 g/mol. The highest BCUT2D eigenvalue weighted by molar-refractivity contribution is 6.23. The van der Waals surface area contributed by atoms with Gasteiger partial charge in [0, 0.05) is 6.92 Å². The van der Waals surface area contributed by atoms with Gasteiger partial charge in [0.1, 0.15) is 17.7 Å². The van der Waals surface area contributed by atoms with Crippen LogP contribution in [0.1, 0.15) is 25.6 Å². The minimum absolute atomic E-state index is 0.162. The number of ether oxygens (including phenoxy) is 1. The molecule has 0 aliphatic carbocycles. The molecule has 2 aliphatic heterocycles. The van der Waals surface area contributed by atoms with Gasteiger partial charge < -0.3 is 14.5 Å². The molecule has 4 atom stereocenters. The number of hydrogen-bond donors (Lipinski definition) is 1. The number of rotatable bonds is 4. The summed E-state index contributed by atoms with van der Waals surface area (Å²) in [6.45, 7) is 3.46. The Balaban J connectivity index is 1.80. The minimum atomic E-state index is -1.28. The minimum Gasteiger partial charge on any atom is -0.463 e. The lowest BCUT2D eigenvalue weighted by Gasteiger charge is -2.25. The number of anilines is 1. The summed E-state index contributed by atoms with van der Waals surface area (Å²) >= 11 is 0. The summed E-state index contributed by atoms with van der Waals surface area (Å²) in [5.41, 5.74) is -1.00. The van der Waals surface area contributed by atoms with Crippen LogP contribution in [-0.2, 0) is 19.1 Å². The van der Waals surface area contributed by atoms with Crippen molar-refractivity contribution in [3.05, 3.63) is 54.2 Å². The molecule has 0 saturated carbocycles. The zero-order valence-electron chi connectivity index (χ0n) is 15.4. The number of carbonyl (C=O) groups excluding carboxylic acids is 3. The van der Waals surface area contributed by atoms with Crippen LogP contribution in [-0.4, -0.2) is 29.9 Å². The summed E-state index contributed by atoms with van der Waals surface area (Å²) in [7, 11) is 0. The average Bonchev–Trinajstić information content (AvgIpc) is 3.35. The van der Waals surface area contributed by atoms with Crippen LogP contribution in [0.2, 0.25) is 0 Å². The molecule has 2 fully saturated rings. The maximum atomic E-state index is 13.3. The van der Waals surface area contributed by atoms with Crippen molar-refractivity contribution in [3.63, 3.8) is 0 Å². The second-order valence-electron chi connectivity index (χ2n) is 7.20. The van der Waals surface area contributed by atoms with Crippen molar-refractivity contribution in [1.29, 1.82) is 0 Å². The number of hydrogen-bond acceptors (Lipinski definition) is 5. The predicted octanol–water partition coefficient (Wildman–Crippen LogP) is 1.16. The summed E-state index contributed by atoms with van der Waals surface area (Å²) < 4.78 is 24.0. The van der Waals surface area contributed by atoms with Gasteiger partial charge in [-0.2, -0.15) is 0 Å². The standard InChI is InChI=1S/C20H19FN2O5/c1-3-27-19(26)20(2)15-14(16(22-20)13-5-4-10-28-13)17(24)23(18(15)25)12-8-6-11(21)7-9-12/h4-10,14-16,22H,3H2,1-2H3/p+1/t14-,15+,16-,20+/m0/s1. The van der Waals surface area contributed by atoms with Gasteiger partial charge in [-0.05, 0) is 43.3 Å².